The number of halogens is 3. The Balaban J connectivity index is 2.34. The summed E-state index contributed by atoms with van der Waals surface area (Å²) in [7, 11) is 0. The summed E-state index contributed by atoms with van der Waals surface area (Å²) in [5, 5.41) is 8.74. The quantitative estimate of drug-likeness (QED) is 0.795. The van der Waals surface area contributed by atoms with Crippen molar-refractivity contribution in [3.8, 4) is 0 Å². The molecule has 0 aromatic heterocycles. The number of carboxylic acids is 1. The number of nitrogens with zero attached hydrogens (tertiary/aromatic N) is 1. The maximum Gasteiger partial charge on any atom is 0.390 e. The zero-order valence-electron chi connectivity index (χ0n) is 8.26. The average Bonchev–Trinajstić information content (AvgIpc) is 2.14. The van der Waals surface area contributed by atoms with Gasteiger partial charge in [-0.1, -0.05) is 0 Å². The predicted molar refractivity (Wildman–Crippen MR) is 47.5 cm³/mol. The number of carboxylic acid groups (broad SMARTS) is 1. The second-order valence-corrected chi connectivity index (χ2v) is 3.84. The van der Waals surface area contributed by atoms with E-state index in [0.29, 0.717) is 19.4 Å². The van der Waals surface area contributed by atoms with Crippen molar-refractivity contribution in [2.45, 2.75) is 25.4 Å². The van der Waals surface area contributed by atoms with Gasteiger partial charge in [0.15, 0.2) is 0 Å². The second-order valence-electron chi connectivity index (χ2n) is 3.84. The van der Waals surface area contributed by atoms with Crippen molar-refractivity contribution in [2.24, 2.45) is 5.92 Å². The van der Waals surface area contributed by atoms with E-state index < -0.39 is 24.5 Å². The van der Waals surface area contributed by atoms with Crippen LogP contribution in [0.3, 0.4) is 0 Å². The third kappa shape index (κ3) is 4.51. The molecule has 15 heavy (non-hydrogen) atoms. The molecule has 1 saturated heterocycles. The van der Waals surface area contributed by atoms with Gasteiger partial charge in [-0.2, -0.15) is 13.2 Å². The summed E-state index contributed by atoms with van der Waals surface area (Å²) in [4.78, 5) is 12.2. The van der Waals surface area contributed by atoms with Gasteiger partial charge in [-0.25, -0.2) is 0 Å². The van der Waals surface area contributed by atoms with Crippen LogP contribution in [-0.4, -0.2) is 41.8 Å². The Morgan fingerprint density at radius 3 is 2.67 bits per heavy atom. The van der Waals surface area contributed by atoms with Gasteiger partial charge in [0.25, 0.3) is 0 Å². The largest absolute Gasteiger partial charge is 0.481 e. The molecule has 0 spiro atoms. The highest BCUT2D eigenvalue weighted by Crippen LogP contribution is 2.22. The number of hydrogen-bond acceptors (Lipinski definition) is 2. The molecule has 0 aromatic rings. The first kappa shape index (κ1) is 12.3. The van der Waals surface area contributed by atoms with E-state index in [1.807, 2.05) is 0 Å². The molecule has 6 heteroatoms. The van der Waals surface area contributed by atoms with E-state index in [-0.39, 0.29) is 13.1 Å². The number of rotatable bonds is 3. The molecule has 88 valence electrons. The van der Waals surface area contributed by atoms with Gasteiger partial charge in [-0.05, 0) is 19.4 Å². The van der Waals surface area contributed by atoms with Gasteiger partial charge >= 0.3 is 12.1 Å². The first-order chi connectivity index (χ1) is 6.88. The summed E-state index contributed by atoms with van der Waals surface area (Å²) in [5.74, 6) is -1.42. The summed E-state index contributed by atoms with van der Waals surface area (Å²) in [6.07, 6.45) is -3.79. The Kier molecular flexibility index (Phi) is 3.96. The van der Waals surface area contributed by atoms with E-state index in [2.05, 4.69) is 0 Å². The van der Waals surface area contributed by atoms with Crippen molar-refractivity contribution >= 4 is 5.97 Å². The lowest BCUT2D eigenvalue weighted by atomic mass is 9.98. The molecule has 1 aliphatic rings. The monoisotopic (exact) mass is 225 g/mol. The first-order valence-electron chi connectivity index (χ1n) is 4.90. The molecule has 1 fully saturated rings. The molecule has 1 rings (SSSR count). The highest BCUT2D eigenvalue weighted by atomic mass is 19.4. The summed E-state index contributed by atoms with van der Waals surface area (Å²) in [6, 6.07) is 0. The third-order valence-electron chi connectivity index (χ3n) is 2.57. The van der Waals surface area contributed by atoms with E-state index in [9.17, 15) is 18.0 Å². The molecule has 1 atom stereocenters. The van der Waals surface area contributed by atoms with Gasteiger partial charge in [-0.3, -0.25) is 4.79 Å². The highest BCUT2D eigenvalue weighted by molar-refractivity contribution is 5.70. The molecular weight excluding hydrogens is 211 g/mol. The molecular formula is C9H14F3NO2. The second kappa shape index (κ2) is 4.83. The van der Waals surface area contributed by atoms with Crippen LogP contribution in [0.15, 0.2) is 0 Å². The Bertz CT molecular complexity index is 230. The van der Waals surface area contributed by atoms with Crippen molar-refractivity contribution in [3.05, 3.63) is 0 Å². The first-order valence-corrected chi connectivity index (χ1v) is 4.90. The number of aliphatic carboxylic acids is 1. The molecule has 0 aromatic carbocycles. The fourth-order valence-electron chi connectivity index (χ4n) is 1.75. The van der Waals surface area contributed by atoms with Crippen molar-refractivity contribution < 1.29 is 23.1 Å². The van der Waals surface area contributed by atoms with Crippen molar-refractivity contribution in [3.63, 3.8) is 0 Å². The normalized spacial score (nSPS) is 24.1. The standard InChI is InChI=1S/C9H14F3NO2/c10-9(11,12)3-5-13-4-1-2-7(6-13)8(14)15/h7H,1-6H2,(H,14,15). The zero-order chi connectivity index (χ0) is 11.5. The molecule has 0 aliphatic carbocycles. The van der Waals surface area contributed by atoms with E-state index in [1.165, 1.54) is 0 Å². The Labute approximate surface area is 85.9 Å². The molecule has 1 unspecified atom stereocenters. The number of likely N-dealkylation sites (tertiary alicyclic amines) is 1. The number of hydrogen-bond donors (Lipinski definition) is 1. The van der Waals surface area contributed by atoms with Crippen LogP contribution in [0.1, 0.15) is 19.3 Å². The lowest BCUT2D eigenvalue weighted by Crippen LogP contribution is -2.40. The maximum atomic E-state index is 11.9. The number of carbonyl (C=O) groups is 1. The molecule has 1 heterocycles. The molecule has 3 nitrogen and oxygen atoms in total. The van der Waals surface area contributed by atoms with Gasteiger partial charge < -0.3 is 10.0 Å². The topological polar surface area (TPSA) is 40.5 Å². The zero-order valence-corrected chi connectivity index (χ0v) is 8.26. The number of alkyl halides is 3. The summed E-state index contributed by atoms with van der Waals surface area (Å²) >= 11 is 0. The average molecular weight is 225 g/mol. The van der Waals surface area contributed by atoms with Gasteiger partial charge in [-0.15, -0.1) is 0 Å². The molecule has 1 N–H and O–H groups in total. The Morgan fingerprint density at radius 1 is 1.47 bits per heavy atom. The lowest BCUT2D eigenvalue weighted by molar-refractivity contribution is -0.145. The van der Waals surface area contributed by atoms with Crippen molar-refractivity contribution in [2.75, 3.05) is 19.6 Å². The van der Waals surface area contributed by atoms with Crippen molar-refractivity contribution in [1.82, 2.24) is 4.90 Å². The lowest BCUT2D eigenvalue weighted by Gasteiger charge is -2.30. The van der Waals surface area contributed by atoms with Gasteiger partial charge in [0, 0.05) is 13.1 Å². The van der Waals surface area contributed by atoms with Gasteiger partial charge in [0.1, 0.15) is 0 Å². The predicted octanol–water partition coefficient (Wildman–Crippen LogP) is 1.74. The molecule has 0 amide bonds. The third-order valence-corrected chi connectivity index (χ3v) is 2.57. The van der Waals surface area contributed by atoms with Crippen molar-refractivity contribution in [1.29, 1.82) is 0 Å². The minimum absolute atomic E-state index is 0.0900. The van der Waals surface area contributed by atoms with Crippen LogP contribution >= 0.6 is 0 Å². The van der Waals surface area contributed by atoms with E-state index in [4.69, 9.17) is 5.11 Å². The van der Waals surface area contributed by atoms with E-state index in [1.54, 1.807) is 4.90 Å². The Morgan fingerprint density at radius 2 is 2.13 bits per heavy atom. The summed E-state index contributed by atoms with van der Waals surface area (Å²) < 4.78 is 35.8. The van der Waals surface area contributed by atoms with E-state index in [0.717, 1.165) is 0 Å². The SMILES string of the molecule is O=C(O)C1CCCN(CCC(F)(F)F)C1. The van der Waals surface area contributed by atoms with Crippen LogP contribution in [0.25, 0.3) is 0 Å². The fraction of sp³-hybridized carbons (Fsp3) is 0.889. The van der Waals surface area contributed by atoms with E-state index >= 15 is 0 Å². The van der Waals surface area contributed by atoms with Crippen LogP contribution in [0.5, 0.6) is 0 Å². The molecule has 0 radical (unpaired) electrons. The minimum atomic E-state index is -4.16. The Hall–Kier alpha value is -0.780. The fourth-order valence-corrected chi connectivity index (χ4v) is 1.75. The molecule has 0 saturated carbocycles. The van der Waals surface area contributed by atoms with Crippen LogP contribution in [0.2, 0.25) is 0 Å². The molecule has 1 aliphatic heterocycles. The smallest absolute Gasteiger partial charge is 0.390 e. The van der Waals surface area contributed by atoms with Crippen LogP contribution in [-0.2, 0) is 4.79 Å². The molecule has 0 bridgehead atoms. The summed E-state index contributed by atoms with van der Waals surface area (Å²) in [5.41, 5.74) is 0. The van der Waals surface area contributed by atoms with Crippen LogP contribution in [0.4, 0.5) is 13.2 Å². The summed E-state index contributed by atoms with van der Waals surface area (Å²) in [6.45, 7) is 0.721. The highest BCUT2D eigenvalue weighted by Gasteiger charge is 2.30. The van der Waals surface area contributed by atoms with Gasteiger partial charge in [0.2, 0.25) is 0 Å². The van der Waals surface area contributed by atoms with Crippen LogP contribution in [0, 0.1) is 5.92 Å². The maximum absolute atomic E-state index is 11.9. The van der Waals surface area contributed by atoms with Crippen LogP contribution < -0.4 is 0 Å². The van der Waals surface area contributed by atoms with Gasteiger partial charge in [0.05, 0.1) is 12.3 Å². The minimum Gasteiger partial charge on any atom is -0.481 e. The number of piperidine rings is 1.